The highest BCUT2D eigenvalue weighted by atomic mass is 35.5. The van der Waals surface area contributed by atoms with Crippen molar-refractivity contribution in [3.05, 3.63) is 65.3 Å². The lowest BCUT2D eigenvalue weighted by Gasteiger charge is -2.14. The zero-order valence-corrected chi connectivity index (χ0v) is 16.0. The molecule has 0 aliphatic rings. The van der Waals surface area contributed by atoms with Gasteiger partial charge in [0.1, 0.15) is 17.3 Å². The third-order valence-electron chi connectivity index (χ3n) is 3.84. The first-order chi connectivity index (χ1) is 12.7. The fourth-order valence-electron chi connectivity index (χ4n) is 2.39. The Hall–Kier alpha value is -2.99. The predicted molar refractivity (Wildman–Crippen MR) is 105 cm³/mol. The van der Waals surface area contributed by atoms with E-state index in [4.69, 9.17) is 16.3 Å². The van der Waals surface area contributed by atoms with Crippen LogP contribution in [0.5, 0.6) is 11.5 Å². The van der Waals surface area contributed by atoms with E-state index in [2.05, 4.69) is 10.4 Å². The fourth-order valence-corrected chi connectivity index (χ4v) is 2.51. The minimum absolute atomic E-state index is 0.0696. The molecule has 1 heterocycles. The second-order valence-electron chi connectivity index (χ2n) is 7.04. The molecule has 2 N–H and O–H groups in total. The molecule has 1 amide bonds. The van der Waals surface area contributed by atoms with Gasteiger partial charge in [0.15, 0.2) is 0 Å². The molecule has 0 aliphatic carbocycles. The van der Waals surface area contributed by atoms with Crippen molar-refractivity contribution < 1.29 is 14.6 Å². The number of halogens is 1. The molecule has 0 saturated heterocycles. The molecule has 0 fully saturated rings. The summed E-state index contributed by atoms with van der Waals surface area (Å²) in [5, 5.41) is 17.4. The third-order valence-corrected chi connectivity index (χ3v) is 4.16. The largest absolute Gasteiger partial charge is 0.506 e. The van der Waals surface area contributed by atoms with Gasteiger partial charge in [0.2, 0.25) is 0 Å². The van der Waals surface area contributed by atoms with Crippen molar-refractivity contribution >= 4 is 23.5 Å². The number of amides is 1. The maximum Gasteiger partial charge on any atom is 0.418 e. The molecule has 2 aromatic carbocycles. The smallest absolute Gasteiger partial charge is 0.418 e. The minimum Gasteiger partial charge on any atom is -0.506 e. The number of rotatable bonds is 3. The van der Waals surface area contributed by atoms with Crippen LogP contribution in [0.15, 0.2) is 54.6 Å². The molecule has 0 saturated carbocycles. The van der Waals surface area contributed by atoms with Crippen LogP contribution >= 0.6 is 11.6 Å². The first kappa shape index (κ1) is 18.8. The molecule has 0 atom stereocenters. The van der Waals surface area contributed by atoms with Crippen LogP contribution in [0.3, 0.4) is 0 Å². The van der Waals surface area contributed by atoms with Crippen LogP contribution in [-0.2, 0) is 5.41 Å². The average molecular weight is 386 g/mol. The molecule has 0 unspecified atom stereocenters. The summed E-state index contributed by atoms with van der Waals surface area (Å²) in [6.07, 6.45) is -0.638. The number of nitrogens with zero attached hydrogens (tertiary/aromatic N) is 2. The van der Waals surface area contributed by atoms with Crippen LogP contribution in [0, 0.1) is 0 Å². The molecule has 0 radical (unpaired) electrons. The maximum absolute atomic E-state index is 12.3. The monoisotopic (exact) mass is 385 g/mol. The Kier molecular flexibility index (Phi) is 5.10. The maximum atomic E-state index is 12.3. The zero-order valence-electron chi connectivity index (χ0n) is 15.2. The van der Waals surface area contributed by atoms with Gasteiger partial charge in [-0.3, -0.25) is 5.32 Å². The predicted octanol–water partition coefficient (Wildman–Crippen LogP) is 5.14. The van der Waals surface area contributed by atoms with E-state index in [9.17, 15) is 9.90 Å². The van der Waals surface area contributed by atoms with Gasteiger partial charge in [-0.1, -0.05) is 50.6 Å². The summed E-state index contributed by atoms with van der Waals surface area (Å²) in [5.74, 6) is 0.781. The summed E-state index contributed by atoms with van der Waals surface area (Å²) >= 11 is 5.89. The van der Waals surface area contributed by atoms with Gasteiger partial charge in [-0.25, -0.2) is 9.48 Å². The Bertz CT molecular complexity index is 962. The van der Waals surface area contributed by atoms with E-state index >= 15 is 0 Å². The highest BCUT2D eigenvalue weighted by Crippen LogP contribution is 2.30. The highest BCUT2D eigenvalue weighted by molar-refractivity contribution is 6.32. The zero-order chi connectivity index (χ0) is 19.6. The van der Waals surface area contributed by atoms with Crippen molar-refractivity contribution in [2.75, 3.05) is 5.32 Å². The summed E-state index contributed by atoms with van der Waals surface area (Å²) in [6.45, 7) is 6.06. The topological polar surface area (TPSA) is 76.4 Å². The molecule has 3 aromatic rings. The van der Waals surface area contributed by atoms with E-state index < -0.39 is 6.09 Å². The molecule has 1 aromatic heterocycles. The number of benzene rings is 2. The van der Waals surface area contributed by atoms with E-state index in [0.717, 1.165) is 5.69 Å². The molecule has 27 heavy (non-hydrogen) atoms. The van der Waals surface area contributed by atoms with Crippen molar-refractivity contribution in [1.82, 2.24) is 9.78 Å². The Balaban J connectivity index is 1.94. The normalized spacial score (nSPS) is 11.3. The molecule has 0 spiro atoms. The summed E-state index contributed by atoms with van der Waals surface area (Å²) in [5.41, 5.74) is 1.09. The number of ether oxygens (including phenoxy) is 1. The fraction of sp³-hybridized carbons (Fsp3) is 0.200. The highest BCUT2D eigenvalue weighted by Gasteiger charge is 2.22. The van der Waals surface area contributed by atoms with Crippen LogP contribution in [0.4, 0.5) is 10.6 Å². The molecule has 140 valence electrons. The van der Waals surface area contributed by atoms with Gasteiger partial charge in [0.05, 0.1) is 16.4 Å². The van der Waals surface area contributed by atoms with Crippen molar-refractivity contribution in [1.29, 1.82) is 0 Å². The first-order valence-corrected chi connectivity index (χ1v) is 8.75. The molecule has 6 nitrogen and oxygen atoms in total. The number of phenols is 1. The van der Waals surface area contributed by atoms with Gasteiger partial charge in [-0.2, -0.15) is 5.10 Å². The van der Waals surface area contributed by atoms with E-state index in [0.29, 0.717) is 17.3 Å². The number of nitrogens with one attached hydrogen (secondary N) is 1. The molecule has 0 bridgehead atoms. The molecule has 0 aliphatic heterocycles. The number of hydrogen-bond donors (Lipinski definition) is 2. The van der Waals surface area contributed by atoms with Gasteiger partial charge in [0.25, 0.3) is 0 Å². The quantitative estimate of drug-likeness (QED) is 0.654. The summed E-state index contributed by atoms with van der Waals surface area (Å²) in [7, 11) is 0. The Morgan fingerprint density at radius 3 is 2.48 bits per heavy atom. The summed E-state index contributed by atoms with van der Waals surface area (Å²) in [6, 6.07) is 15.3. The van der Waals surface area contributed by atoms with Crippen LogP contribution in [0.1, 0.15) is 26.5 Å². The standard InChI is InChI=1S/C20H20ClN3O3/c1-20(2,3)17-12-18(22-19(26)27-14-7-5-4-6-8-14)24(23-17)13-9-10-15(21)16(25)11-13/h4-12,25H,1-3H3,(H,22,26). The SMILES string of the molecule is CC(C)(C)c1cc(NC(=O)Oc2ccccc2)n(-c2ccc(Cl)c(O)c2)n1. The van der Waals surface area contributed by atoms with Gasteiger partial charge < -0.3 is 9.84 Å². The van der Waals surface area contributed by atoms with Crippen molar-refractivity contribution in [3.8, 4) is 17.2 Å². The Morgan fingerprint density at radius 2 is 1.85 bits per heavy atom. The Morgan fingerprint density at radius 1 is 1.15 bits per heavy atom. The Labute approximate surface area is 162 Å². The number of hydrogen-bond acceptors (Lipinski definition) is 4. The molecular formula is C20H20ClN3O3. The van der Waals surface area contributed by atoms with Crippen LogP contribution in [-0.4, -0.2) is 21.0 Å². The number of aromatic nitrogens is 2. The van der Waals surface area contributed by atoms with Gasteiger partial charge in [-0.15, -0.1) is 0 Å². The minimum atomic E-state index is -0.638. The number of phenolic OH excluding ortho intramolecular Hbond substituents is 1. The van der Waals surface area contributed by atoms with Gasteiger partial charge in [0, 0.05) is 17.5 Å². The van der Waals surface area contributed by atoms with Gasteiger partial charge in [-0.05, 0) is 24.3 Å². The van der Waals surface area contributed by atoms with E-state index in [1.165, 1.54) is 10.7 Å². The molecular weight excluding hydrogens is 366 g/mol. The second kappa shape index (κ2) is 7.32. The average Bonchev–Trinajstić information content (AvgIpc) is 3.02. The third kappa shape index (κ3) is 4.41. The van der Waals surface area contributed by atoms with Crippen LogP contribution in [0.2, 0.25) is 5.02 Å². The second-order valence-corrected chi connectivity index (χ2v) is 7.45. The number of para-hydroxylation sites is 1. The lowest BCUT2D eigenvalue weighted by atomic mass is 9.92. The molecule has 3 rings (SSSR count). The van der Waals surface area contributed by atoms with Crippen molar-refractivity contribution in [3.63, 3.8) is 0 Å². The molecule has 7 heteroatoms. The van der Waals surface area contributed by atoms with Crippen molar-refractivity contribution in [2.24, 2.45) is 0 Å². The number of carbonyl (C=O) groups excluding carboxylic acids is 1. The lowest BCUT2D eigenvalue weighted by Crippen LogP contribution is -2.19. The van der Waals surface area contributed by atoms with Crippen LogP contribution in [0.25, 0.3) is 5.69 Å². The summed E-state index contributed by atoms with van der Waals surface area (Å²) < 4.78 is 6.82. The van der Waals surface area contributed by atoms with E-state index in [-0.39, 0.29) is 16.2 Å². The van der Waals surface area contributed by atoms with Crippen LogP contribution < -0.4 is 10.1 Å². The lowest BCUT2D eigenvalue weighted by molar-refractivity contribution is 0.215. The van der Waals surface area contributed by atoms with Gasteiger partial charge >= 0.3 is 6.09 Å². The van der Waals surface area contributed by atoms with Crippen molar-refractivity contribution in [2.45, 2.75) is 26.2 Å². The first-order valence-electron chi connectivity index (χ1n) is 8.37. The summed E-state index contributed by atoms with van der Waals surface area (Å²) in [4.78, 5) is 12.3. The van der Waals surface area contributed by atoms with E-state index in [1.54, 1.807) is 42.5 Å². The number of aromatic hydroxyl groups is 1. The van der Waals surface area contributed by atoms with E-state index in [1.807, 2.05) is 26.8 Å². The number of carbonyl (C=O) groups is 1. The number of anilines is 1.